The maximum atomic E-state index is 12.6. The zero-order chi connectivity index (χ0) is 18.8. The second-order valence-electron chi connectivity index (χ2n) is 7.39. The fourth-order valence-corrected chi connectivity index (χ4v) is 4.43. The van der Waals surface area contributed by atoms with Crippen LogP contribution in [0.2, 0.25) is 5.02 Å². The van der Waals surface area contributed by atoms with Crippen molar-refractivity contribution in [2.24, 2.45) is 0 Å². The SMILES string of the molecule is CN[C@@H]1CCCN1C(=O)CN1CC[C@H](Oc2ccc(Cl)c3ccccc23)C1. The minimum Gasteiger partial charge on any atom is -0.488 e. The van der Waals surface area contributed by atoms with Crippen molar-refractivity contribution < 1.29 is 9.53 Å². The number of halogens is 1. The smallest absolute Gasteiger partial charge is 0.237 e. The van der Waals surface area contributed by atoms with Crippen LogP contribution < -0.4 is 10.1 Å². The van der Waals surface area contributed by atoms with Crippen LogP contribution in [0.15, 0.2) is 36.4 Å². The first-order valence-corrected chi connectivity index (χ1v) is 10.1. The van der Waals surface area contributed by atoms with Gasteiger partial charge in [-0.15, -0.1) is 0 Å². The summed E-state index contributed by atoms with van der Waals surface area (Å²) in [6, 6.07) is 11.9. The van der Waals surface area contributed by atoms with E-state index in [0.29, 0.717) is 6.54 Å². The van der Waals surface area contributed by atoms with E-state index in [0.717, 1.165) is 60.4 Å². The van der Waals surface area contributed by atoms with Crippen LogP contribution in [0, 0.1) is 0 Å². The lowest BCUT2D eigenvalue weighted by Crippen LogP contribution is -2.47. The lowest BCUT2D eigenvalue weighted by atomic mass is 10.1. The molecule has 2 aliphatic heterocycles. The van der Waals surface area contributed by atoms with Gasteiger partial charge in [0.1, 0.15) is 11.9 Å². The van der Waals surface area contributed by atoms with Gasteiger partial charge in [-0.1, -0.05) is 35.9 Å². The highest BCUT2D eigenvalue weighted by atomic mass is 35.5. The van der Waals surface area contributed by atoms with Gasteiger partial charge in [0.2, 0.25) is 5.91 Å². The second kappa shape index (κ2) is 8.05. The number of carbonyl (C=O) groups is 1. The van der Waals surface area contributed by atoms with E-state index < -0.39 is 0 Å². The minimum atomic E-state index is 0.0982. The van der Waals surface area contributed by atoms with E-state index in [-0.39, 0.29) is 18.2 Å². The molecular weight excluding hydrogens is 362 g/mol. The number of rotatable bonds is 5. The van der Waals surface area contributed by atoms with Crippen LogP contribution in [0.5, 0.6) is 5.75 Å². The Kier molecular flexibility index (Phi) is 5.53. The van der Waals surface area contributed by atoms with Crippen LogP contribution in [0.3, 0.4) is 0 Å². The summed E-state index contributed by atoms with van der Waals surface area (Å²) in [4.78, 5) is 16.8. The summed E-state index contributed by atoms with van der Waals surface area (Å²) >= 11 is 6.30. The monoisotopic (exact) mass is 387 g/mol. The van der Waals surface area contributed by atoms with Gasteiger partial charge in [-0.2, -0.15) is 0 Å². The molecule has 144 valence electrons. The Hall–Kier alpha value is -1.82. The summed E-state index contributed by atoms with van der Waals surface area (Å²) in [6.07, 6.45) is 3.33. The first-order chi connectivity index (χ1) is 13.2. The fourth-order valence-electron chi connectivity index (χ4n) is 4.20. The summed E-state index contributed by atoms with van der Waals surface area (Å²) in [6.45, 7) is 3.00. The van der Waals surface area contributed by atoms with Gasteiger partial charge in [-0.05, 0) is 38.4 Å². The van der Waals surface area contributed by atoms with Gasteiger partial charge in [0.25, 0.3) is 0 Å². The van der Waals surface area contributed by atoms with Crippen LogP contribution >= 0.6 is 11.6 Å². The van der Waals surface area contributed by atoms with Gasteiger partial charge in [0, 0.05) is 35.4 Å². The first-order valence-electron chi connectivity index (χ1n) is 9.68. The summed E-state index contributed by atoms with van der Waals surface area (Å²) < 4.78 is 6.29. The van der Waals surface area contributed by atoms with Crippen molar-refractivity contribution in [1.82, 2.24) is 15.1 Å². The number of carbonyl (C=O) groups excluding carboxylic acids is 1. The quantitative estimate of drug-likeness (QED) is 0.856. The zero-order valence-electron chi connectivity index (χ0n) is 15.7. The molecule has 2 fully saturated rings. The predicted octanol–water partition coefficient (Wildman–Crippen LogP) is 3.11. The molecule has 0 aromatic heterocycles. The molecule has 2 aromatic rings. The highest BCUT2D eigenvalue weighted by molar-refractivity contribution is 6.35. The molecule has 2 saturated heterocycles. The Morgan fingerprint density at radius 2 is 2.00 bits per heavy atom. The number of hydrogen-bond donors (Lipinski definition) is 1. The van der Waals surface area contributed by atoms with Crippen LogP contribution in [-0.2, 0) is 4.79 Å². The number of benzene rings is 2. The molecule has 2 aliphatic rings. The fraction of sp³-hybridized carbons (Fsp3) is 0.476. The van der Waals surface area contributed by atoms with E-state index in [1.54, 1.807) is 0 Å². The number of likely N-dealkylation sites (tertiary alicyclic amines) is 2. The van der Waals surface area contributed by atoms with Crippen LogP contribution in [0.25, 0.3) is 10.8 Å². The lowest BCUT2D eigenvalue weighted by Gasteiger charge is -2.26. The van der Waals surface area contributed by atoms with Crippen molar-refractivity contribution in [3.05, 3.63) is 41.4 Å². The minimum absolute atomic E-state index is 0.0982. The maximum absolute atomic E-state index is 12.6. The Bertz CT molecular complexity index is 828. The Morgan fingerprint density at radius 1 is 1.19 bits per heavy atom. The average Bonchev–Trinajstić information content (AvgIpc) is 3.33. The summed E-state index contributed by atoms with van der Waals surface area (Å²) in [5, 5.41) is 6.01. The molecule has 0 bridgehead atoms. The number of hydrogen-bond acceptors (Lipinski definition) is 4. The highest BCUT2D eigenvalue weighted by Gasteiger charge is 2.31. The molecule has 6 heteroatoms. The summed E-state index contributed by atoms with van der Waals surface area (Å²) in [5.41, 5.74) is 0. The number of nitrogens with one attached hydrogen (secondary N) is 1. The third kappa shape index (κ3) is 3.91. The topological polar surface area (TPSA) is 44.8 Å². The van der Waals surface area contributed by atoms with Gasteiger partial charge in [-0.3, -0.25) is 9.69 Å². The molecule has 1 N–H and O–H groups in total. The normalized spacial score (nSPS) is 23.3. The lowest BCUT2D eigenvalue weighted by molar-refractivity contribution is -0.133. The first kappa shape index (κ1) is 18.5. The summed E-state index contributed by atoms with van der Waals surface area (Å²) in [7, 11) is 1.92. The molecule has 0 radical (unpaired) electrons. The largest absolute Gasteiger partial charge is 0.488 e. The third-order valence-corrected chi connectivity index (χ3v) is 5.95. The maximum Gasteiger partial charge on any atom is 0.237 e. The molecule has 4 rings (SSSR count). The molecule has 0 unspecified atom stereocenters. The van der Waals surface area contributed by atoms with Gasteiger partial charge in [0.05, 0.1) is 12.7 Å². The molecule has 2 atom stereocenters. The van der Waals surface area contributed by atoms with Crippen LogP contribution in [-0.4, -0.2) is 61.2 Å². The molecule has 2 aromatic carbocycles. The van der Waals surface area contributed by atoms with E-state index in [4.69, 9.17) is 16.3 Å². The molecule has 0 saturated carbocycles. The molecule has 27 heavy (non-hydrogen) atoms. The average molecular weight is 388 g/mol. The molecule has 0 spiro atoms. The van der Waals surface area contributed by atoms with Crippen molar-refractivity contribution in [2.75, 3.05) is 33.2 Å². The highest BCUT2D eigenvalue weighted by Crippen LogP contribution is 2.32. The van der Waals surface area contributed by atoms with Crippen molar-refractivity contribution in [3.63, 3.8) is 0 Å². The summed E-state index contributed by atoms with van der Waals surface area (Å²) in [5.74, 6) is 1.08. The van der Waals surface area contributed by atoms with Crippen molar-refractivity contribution in [3.8, 4) is 5.75 Å². The molecule has 1 amide bonds. The Morgan fingerprint density at radius 3 is 2.81 bits per heavy atom. The second-order valence-corrected chi connectivity index (χ2v) is 7.80. The van der Waals surface area contributed by atoms with Crippen molar-refractivity contribution >= 4 is 28.3 Å². The Balaban J connectivity index is 1.38. The van der Waals surface area contributed by atoms with E-state index in [2.05, 4.69) is 10.2 Å². The van der Waals surface area contributed by atoms with Crippen LogP contribution in [0.1, 0.15) is 19.3 Å². The van der Waals surface area contributed by atoms with E-state index in [1.165, 1.54) is 0 Å². The Labute approximate surface area is 165 Å². The molecular formula is C21H26ClN3O2. The van der Waals surface area contributed by atoms with Crippen molar-refractivity contribution in [1.29, 1.82) is 0 Å². The zero-order valence-corrected chi connectivity index (χ0v) is 16.4. The third-order valence-electron chi connectivity index (χ3n) is 5.62. The predicted molar refractivity (Wildman–Crippen MR) is 108 cm³/mol. The number of ether oxygens (including phenoxy) is 1. The number of amides is 1. The van der Waals surface area contributed by atoms with Gasteiger partial charge in [0.15, 0.2) is 0 Å². The van der Waals surface area contributed by atoms with Crippen molar-refractivity contribution in [2.45, 2.75) is 31.5 Å². The van der Waals surface area contributed by atoms with E-state index in [1.807, 2.05) is 48.3 Å². The molecule has 2 heterocycles. The van der Waals surface area contributed by atoms with E-state index in [9.17, 15) is 4.79 Å². The van der Waals surface area contributed by atoms with Gasteiger partial charge >= 0.3 is 0 Å². The number of nitrogens with zero attached hydrogens (tertiary/aromatic N) is 2. The van der Waals surface area contributed by atoms with Crippen LogP contribution in [0.4, 0.5) is 0 Å². The molecule has 5 nitrogen and oxygen atoms in total. The van der Waals surface area contributed by atoms with Gasteiger partial charge in [-0.25, -0.2) is 0 Å². The van der Waals surface area contributed by atoms with E-state index >= 15 is 0 Å². The number of fused-ring (bicyclic) bond motifs is 1. The standard InChI is InChI=1S/C21H26ClN3O2/c1-23-20-7-4-11-25(20)21(26)14-24-12-10-15(13-24)27-19-9-8-18(22)16-5-2-3-6-17(16)19/h2-3,5-6,8-9,15,20,23H,4,7,10-14H2,1H3/t15-,20-/m0/s1. The van der Waals surface area contributed by atoms with Gasteiger partial charge < -0.3 is 15.0 Å². The molecule has 0 aliphatic carbocycles.